The minimum absolute atomic E-state index is 0.0167. The van der Waals surface area contributed by atoms with Gasteiger partial charge in [-0.05, 0) is 56.9 Å². The van der Waals surface area contributed by atoms with E-state index in [1.165, 1.54) is 28.0 Å². The summed E-state index contributed by atoms with van der Waals surface area (Å²) in [7, 11) is -4.43. The second-order valence-electron chi connectivity index (χ2n) is 17.1. The van der Waals surface area contributed by atoms with E-state index in [0.717, 1.165) is 25.7 Å². The summed E-state index contributed by atoms with van der Waals surface area (Å²) >= 11 is 0. The van der Waals surface area contributed by atoms with E-state index in [9.17, 15) is 36.8 Å². The van der Waals surface area contributed by atoms with Gasteiger partial charge in [-0.3, -0.25) is 29.0 Å². The fraction of sp³-hybridized carbons (Fsp3) is 0.558. The number of morpholine rings is 1. The zero-order valence-electron chi connectivity index (χ0n) is 34.8. The SMILES string of the molecule is C=C[C@@H]1C[C@@]12NC(=O)[C@@H]1C[C@@H](OC(=O)N3Cc4cccc(F)c4C3)CN1C(=O)[C@@H](NC(=O)C(C)(C)N1CCOCC1)CCCCCCCNc1ccccc1S(=O)(=O)NC2=O. The molecule has 0 radical (unpaired) electrons. The molecule has 4 heterocycles. The molecule has 0 unspecified atom stereocenters. The van der Waals surface area contributed by atoms with Gasteiger partial charge >= 0.3 is 6.09 Å². The monoisotopic (exact) mass is 865 g/mol. The number of carbonyl (C=O) groups excluding carboxylic acids is 5. The van der Waals surface area contributed by atoms with Gasteiger partial charge in [0.25, 0.3) is 15.9 Å². The molecular weight excluding hydrogens is 810 g/mol. The molecule has 5 amide bonds. The lowest BCUT2D eigenvalue weighted by atomic mass is 9.98. The Morgan fingerprint density at radius 1 is 1.02 bits per heavy atom. The van der Waals surface area contributed by atoms with Gasteiger partial charge in [0.15, 0.2) is 0 Å². The molecule has 1 aliphatic carbocycles. The molecule has 2 aromatic carbocycles. The summed E-state index contributed by atoms with van der Waals surface area (Å²) in [5.74, 6) is -3.75. The Morgan fingerprint density at radius 2 is 1.75 bits per heavy atom. The van der Waals surface area contributed by atoms with E-state index in [0.29, 0.717) is 56.1 Å². The molecule has 16 nitrogen and oxygen atoms in total. The average Bonchev–Trinajstić information content (AvgIpc) is 3.53. The molecule has 5 aliphatic rings. The number of amides is 5. The Bertz CT molecular complexity index is 2150. The van der Waals surface area contributed by atoms with Gasteiger partial charge in [-0.1, -0.05) is 56.0 Å². The van der Waals surface area contributed by atoms with Crippen LogP contribution in [0.5, 0.6) is 0 Å². The standard InChI is InChI=1S/C43H56FN7O9S/c1-4-29-24-43(29)40(55)48-61(57,58)36-17-10-9-15-33(36)45-18-11-7-5-6-8-16-34(46-39(54)42(2,3)50-19-21-59-22-20-50)38(53)51-26-30(23-35(51)37(52)47-43)60-41(56)49-25-28-13-12-14-32(44)31(28)27-49/h4,9-10,12-15,17,29-30,34-35,45H,1,5-8,11,16,18-27H2,2-3H3,(H,46,54)(H,47,52)(H,48,55)/t29-,30-,34+,35+,43-/m1/s1. The van der Waals surface area contributed by atoms with Crippen molar-refractivity contribution in [2.75, 3.05) is 44.7 Å². The van der Waals surface area contributed by atoms with Crippen LogP contribution in [-0.4, -0.2) is 121 Å². The summed E-state index contributed by atoms with van der Waals surface area (Å²) < 4.78 is 55.7. The number of benzene rings is 2. The Hall–Kier alpha value is -5.07. The lowest BCUT2D eigenvalue weighted by molar-refractivity contribution is -0.144. The lowest BCUT2D eigenvalue weighted by Crippen LogP contribution is -2.62. The number of sulfonamides is 1. The molecule has 7 rings (SSSR count). The first-order valence-electron chi connectivity index (χ1n) is 21.2. The number of carbonyl (C=O) groups is 5. The molecule has 4 N–H and O–H groups in total. The van der Waals surface area contributed by atoms with Gasteiger partial charge in [0.2, 0.25) is 17.7 Å². The molecule has 2 saturated heterocycles. The maximum atomic E-state index is 14.8. The van der Waals surface area contributed by atoms with E-state index in [1.807, 2.05) is 4.90 Å². The largest absolute Gasteiger partial charge is 0.444 e. The highest BCUT2D eigenvalue weighted by molar-refractivity contribution is 7.90. The predicted octanol–water partition coefficient (Wildman–Crippen LogP) is 3.18. The highest BCUT2D eigenvalue weighted by Gasteiger charge is 2.61. The zero-order valence-corrected chi connectivity index (χ0v) is 35.6. The van der Waals surface area contributed by atoms with Gasteiger partial charge < -0.3 is 30.3 Å². The highest BCUT2D eigenvalue weighted by atomic mass is 32.2. The van der Waals surface area contributed by atoms with Gasteiger partial charge in [0.05, 0.1) is 37.5 Å². The minimum Gasteiger partial charge on any atom is -0.444 e. The van der Waals surface area contributed by atoms with Gasteiger partial charge in [0, 0.05) is 44.1 Å². The number of nitrogens with one attached hydrogen (secondary N) is 4. The molecular formula is C43H56FN7O9S. The Labute approximate surface area is 356 Å². The molecule has 61 heavy (non-hydrogen) atoms. The summed E-state index contributed by atoms with van der Waals surface area (Å²) in [6.07, 6.45) is 3.49. The van der Waals surface area contributed by atoms with Crippen molar-refractivity contribution in [1.29, 1.82) is 0 Å². The van der Waals surface area contributed by atoms with Crippen LogP contribution >= 0.6 is 0 Å². The van der Waals surface area contributed by atoms with Crippen LogP contribution in [0.1, 0.15) is 76.3 Å². The number of halogens is 1. The summed E-state index contributed by atoms with van der Waals surface area (Å²) in [5, 5.41) is 8.96. The van der Waals surface area contributed by atoms with Crippen molar-refractivity contribution in [2.45, 2.75) is 112 Å². The van der Waals surface area contributed by atoms with E-state index in [1.54, 1.807) is 44.2 Å². The fourth-order valence-corrected chi connectivity index (χ4v) is 10.1. The Morgan fingerprint density at radius 3 is 2.49 bits per heavy atom. The molecule has 1 saturated carbocycles. The number of fused-ring (bicyclic) bond motifs is 3. The smallest absolute Gasteiger partial charge is 0.410 e. The van der Waals surface area contributed by atoms with Crippen LogP contribution in [-0.2, 0) is 51.8 Å². The number of para-hydroxylation sites is 1. The lowest BCUT2D eigenvalue weighted by Gasteiger charge is -2.40. The molecule has 18 heteroatoms. The third-order valence-corrected chi connectivity index (χ3v) is 14.1. The van der Waals surface area contributed by atoms with Crippen LogP contribution in [0.25, 0.3) is 0 Å². The van der Waals surface area contributed by atoms with E-state index in [-0.39, 0.29) is 49.7 Å². The van der Waals surface area contributed by atoms with Crippen molar-refractivity contribution < 1.29 is 46.3 Å². The normalized spacial score (nSPS) is 27.7. The van der Waals surface area contributed by atoms with Crippen molar-refractivity contribution in [3.8, 4) is 0 Å². The van der Waals surface area contributed by atoms with Crippen LogP contribution in [0.15, 0.2) is 60.0 Å². The summed E-state index contributed by atoms with van der Waals surface area (Å²) in [5.41, 5.74) is -1.36. The molecule has 3 fully saturated rings. The Balaban J connectivity index is 1.18. The van der Waals surface area contributed by atoms with Crippen molar-refractivity contribution in [2.24, 2.45) is 5.92 Å². The third-order valence-electron chi connectivity index (χ3n) is 12.7. The number of ether oxygens (including phenoxy) is 2. The van der Waals surface area contributed by atoms with Crippen LogP contribution in [0, 0.1) is 11.7 Å². The summed E-state index contributed by atoms with van der Waals surface area (Å²) in [6, 6.07) is 8.54. The number of hydrogen-bond donors (Lipinski definition) is 4. The van der Waals surface area contributed by atoms with Crippen molar-refractivity contribution in [3.63, 3.8) is 0 Å². The quantitative estimate of drug-likeness (QED) is 0.323. The number of hydrogen-bond acceptors (Lipinski definition) is 11. The van der Waals surface area contributed by atoms with Crippen molar-refractivity contribution >= 4 is 45.4 Å². The molecule has 2 aromatic rings. The van der Waals surface area contributed by atoms with Gasteiger partial charge in [-0.15, -0.1) is 6.58 Å². The second kappa shape index (κ2) is 18.1. The highest BCUT2D eigenvalue weighted by Crippen LogP contribution is 2.45. The first-order valence-corrected chi connectivity index (χ1v) is 22.6. The molecule has 1 spiro atoms. The first-order chi connectivity index (χ1) is 29.1. The van der Waals surface area contributed by atoms with Gasteiger partial charge in [0.1, 0.15) is 34.4 Å². The second-order valence-corrected chi connectivity index (χ2v) is 18.7. The zero-order chi connectivity index (χ0) is 43.5. The molecule has 4 aliphatic heterocycles. The topological polar surface area (TPSA) is 196 Å². The average molecular weight is 866 g/mol. The Kier molecular flexibility index (Phi) is 13.1. The summed E-state index contributed by atoms with van der Waals surface area (Å²) in [6.45, 7) is 9.71. The summed E-state index contributed by atoms with van der Waals surface area (Å²) in [4.78, 5) is 75.6. The number of nitrogens with zero attached hydrogens (tertiary/aromatic N) is 3. The first kappa shape index (κ1) is 44.0. The van der Waals surface area contributed by atoms with Crippen molar-refractivity contribution in [3.05, 3.63) is 72.1 Å². The van der Waals surface area contributed by atoms with E-state index >= 15 is 0 Å². The predicted molar refractivity (Wildman–Crippen MR) is 222 cm³/mol. The molecule has 330 valence electrons. The molecule has 0 aromatic heterocycles. The van der Waals surface area contributed by atoms with Gasteiger partial charge in [-0.2, -0.15) is 0 Å². The minimum atomic E-state index is -4.43. The van der Waals surface area contributed by atoms with Gasteiger partial charge in [-0.25, -0.2) is 22.3 Å². The van der Waals surface area contributed by atoms with Crippen LogP contribution in [0.2, 0.25) is 0 Å². The maximum absolute atomic E-state index is 14.8. The molecule has 5 atom stereocenters. The maximum Gasteiger partial charge on any atom is 0.410 e. The molecule has 0 bridgehead atoms. The van der Waals surface area contributed by atoms with Crippen molar-refractivity contribution in [1.82, 2.24) is 30.1 Å². The van der Waals surface area contributed by atoms with Crippen LogP contribution in [0.4, 0.5) is 14.9 Å². The van der Waals surface area contributed by atoms with E-state index < -0.39 is 74.8 Å². The number of rotatable bonds is 5. The number of anilines is 1. The van der Waals surface area contributed by atoms with E-state index in [4.69, 9.17) is 9.47 Å². The third kappa shape index (κ3) is 9.40. The van der Waals surface area contributed by atoms with E-state index in [2.05, 4.69) is 27.3 Å². The fourth-order valence-electron chi connectivity index (χ4n) is 8.84. The van der Waals surface area contributed by atoms with Crippen LogP contribution in [0.3, 0.4) is 0 Å². The van der Waals surface area contributed by atoms with Crippen LogP contribution < -0.4 is 20.7 Å².